The molecule has 1 aliphatic heterocycles. The van der Waals surface area contributed by atoms with Crippen LogP contribution in [0.3, 0.4) is 0 Å². The third-order valence-corrected chi connectivity index (χ3v) is 5.49. The molecule has 2 aromatic rings. The summed E-state index contributed by atoms with van der Waals surface area (Å²) in [6.45, 7) is 8.29. The molecule has 0 amide bonds. The van der Waals surface area contributed by atoms with Gasteiger partial charge in [-0.25, -0.2) is 4.79 Å². The van der Waals surface area contributed by atoms with Gasteiger partial charge in [0.15, 0.2) is 0 Å². The van der Waals surface area contributed by atoms with E-state index in [1.165, 1.54) is 5.69 Å². The Morgan fingerprint density at radius 2 is 1.90 bits per heavy atom. The van der Waals surface area contributed by atoms with Crippen molar-refractivity contribution in [2.24, 2.45) is 0 Å². The highest BCUT2D eigenvalue weighted by Gasteiger charge is 2.17. The number of carbonyl (C=O) groups excluding carboxylic acids is 1. The SMILES string of the molecule is CCCCOC(=O)c1ccc(Nc2cccc(N3CCN(CCOC)CC3)c2)c(N)c1. The molecule has 0 unspecified atom stereocenters. The van der Waals surface area contributed by atoms with E-state index in [4.69, 9.17) is 15.2 Å². The summed E-state index contributed by atoms with van der Waals surface area (Å²) in [6.07, 6.45) is 1.85. The van der Waals surface area contributed by atoms with E-state index in [9.17, 15) is 4.79 Å². The number of nitrogen functional groups attached to an aromatic ring is 1. The van der Waals surface area contributed by atoms with Crippen molar-refractivity contribution in [1.82, 2.24) is 4.90 Å². The number of unbranched alkanes of at least 4 members (excludes halogenated alkanes) is 1. The van der Waals surface area contributed by atoms with Crippen LogP contribution in [0.15, 0.2) is 42.5 Å². The summed E-state index contributed by atoms with van der Waals surface area (Å²) in [6, 6.07) is 13.6. The molecule has 1 fully saturated rings. The van der Waals surface area contributed by atoms with E-state index in [1.807, 2.05) is 18.2 Å². The minimum Gasteiger partial charge on any atom is -0.462 e. The van der Waals surface area contributed by atoms with Crippen LogP contribution in [0.25, 0.3) is 0 Å². The Kier molecular flexibility index (Phi) is 8.55. The van der Waals surface area contributed by atoms with Crippen LogP contribution in [0, 0.1) is 0 Å². The van der Waals surface area contributed by atoms with E-state index in [0.29, 0.717) is 17.9 Å². The predicted octanol–water partition coefficient (Wildman–Crippen LogP) is 3.74. The minimum atomic E-state index is -0.335. The fourth-order valence-corrected chi connectivity index (χ4v) is 3.58. The molecule has 1 aliphatic rings. The number of nitrogens with one attached hydrogen (secondary N) is 1. The lowest BCUT2D eigenvalue weighted by Gasteiger charge is -2.36. The van der Waals surface area contributed by atoms with Crippen LogP contribution in [0.2, 0.25) is 0 Å². The summed E-state index contributed by atoms with van der Waals surface area (Å²) in [4.78, 5) is 17.0. The minimum absolute atomic E-state index is 0.335. The van der Waals surface area contributed by atoms with Crippen LogP contribution >= 0.6 is 0 Å². The molecule has 1 saturated heterocycles. The molecule has 0 aromatic heterocycles. The molecule has 0 aliphatic carbocycles. The van der Waals surface area contributed by atoms with Gasteiger partial charge >= 0.3 is 5.97 Å². The smallest absolute Gasteiger partial charge is 0.338 e. The zero-order chi connectivity index (χ0) is 22.1. The standard InChI is InChI=1S/C24H34N4O3/c1-3-4-15-31-24(29)19-8-9-23(22(25)17-19)26-20-6-5-7-21(18-20)28-12-10-27(11-13-28)14-16-30-2/h5-9,17-18,26H,3-4,10-16,25H2,1-2H3. The summed E-state index contributed by atoms with van der Waals surface area (Å²) >= 11 is 0. The Hall–Kier alpha value is -2.77. The highest BCUT2D eigenvalue weighted by molar-refractivity contribution is 5.92. The van der Waals surface area contributed by atoms with Crippen molar-refractivity contribution in [3.63, 3.8) is 0 Å². The largest absolute Gasteiger partial charge is 0.462 e. The zero-order valence-corrected chi connectivity index (χ0v) is 18.6. The molecular weight excluding hydrogens is 392 g/mol. The van der Waals surface area contributed by atoms with Crippen LogP contribution in [-0.4, -0.2) is 63.9 Å². The number of rotatable bonds is 10. The molecule has 0 bridgehead atoms. The third kappa shape index (κ3) is 6.60. The van der Waals surface area contributed by atoms with Crippen molar-refractivity contribution in [3.05, 3.63) is 48.0 Å². The van der Waals surface area contributed by atoms with Crippen molar-refractivity contribution in [2.75, 3.05) is 69.0 Å². The Labute approximate surface area is 185 Å². The van der Waals surface area contributed by atoms with Crippen LogP contribution in [-0.2, 0) is 9.47 Å². The fourth-order valence-electron chi connectivity index (χ4n) is 3.58. The molecule has 0 atom stereocenters. The van der Waals surface area contributed by atoms with Crippen LogP contribution in [0.5, 0.6) is 0 Å². The number of esters is 1. The van der Waals surface area contributed by atoms with Crippen molar-refractivity contribution in [1.29, 1.82) is 0 Å². The highest BCUT2D eigenvalue weighted by Crippen LogP contribution is 2.27. The first-order valence-corrected chi connectivity index (χ1v) is 11.0. The van der Waals surface area contributed by atoms with Crippen LogP contribution < -0.4 is 16.0 Å². The molecule has 168 valence electrons. The van der Waals surface area contributed by atoms with Crippen molar-refractivity contribution >= 4 is 28.7 Å². The zero-order valence-electron chi connectivity index (χ0n) is 18.6. The molecule has 0 spiro atoms. The lowest BCUT2D eigenvalue weighted by molar-refractivity contribution is 0.0500. The molecule has 0 saturated carbocycles. The summed E-state index contributed by atoms with van der Waals surface area (Å²) in [5, 5.41) is 3.38. The van der Waals surface area contributed by atoms with Gasteiger partial charge in [0.2, 0.25) is 0 Å². The second kappa shape index (κ2) is 11.6. The maximum atomic E-state index is 12.1. The van der Waals surface area contributed by atoms with Crippen molar-refractivity contribution < 1.29 is 14.3 Å². The number of ether oxygens (including phenoxy) is 2. The third-order valence-electron chi connectivity index (χ3n) is 5.49. The number of piperazine rings is 1. The number of anilines is 4. The summed E-state index contributed by atoms with van der Waals surface area (Å²) < 4.78 is 10.4. The fraction of sp³-hybridized carbons (Fsp3) is 0.458. The van der Waals surface area contributed by atoms with E-state index in [-0.39, 0.29) is 5.97 Å². The van der Waals surface area contributed by atoms with Gasteiger partial charge in [0.25, 0.3) is 0 Å². The van der Waals surface area contributed by atoms with Crippen LogP contribution in [0.1, 0.15) is 30.1 Å². The predicted molar refractivity (Wildman–Crippen MR) is 126 cm³/mol. The number of nitrogens with two attached hydrogens (primary N) is 1. The Bertz CT molecular complexity index is 850. The number of carbonyl (C=O) groups is 1. The first-order valence-electron chi connectivity index (χ1n) is 11.0. The van der Waals surface area contributed by atoms with E-state index in [2.05, 4.69) is 34.2 Å². The molecule has 3 N–H and O–H groups in total. The monoisotopic (exact) mass is 426 g/mol. The van der Waals surface area contributed by atoms with Gasteiger partial charge in [0, 0.05) is 51.2 Å². The van der Waals surface area contributed by atoms with Gasteiger partial charge in [0.05, 0.1) is 30.2 Å². The van der Waals surface area contributed by atoms with E-state index < -0.39 is 0 Å². The summed E-state index contributed by atoms with van der Waals surface area (Å²) in [5.41, 5.74) is 10.1. The first kappa shape index (κ1) is 22.9. The molecule has 1 heterocycles. The first-order chi connectivity index (χ1) is 15.1. The number of hydrogen-bond donors (Lipinski definition) is 2. The molecule has 7 heteroatoms. The van der Waals surface area contributed by atoms with Gasteiger partial charge in [-0.05, 0) is 42.8 Å². The van der Waals surface area contributed by atoms with Gasteiger partial charge in [-0.1, -0.05) is 19.4 Å². The van der Waals surface area contributed by atoms with Gasteiger partial charge in [0.1, 0.15) is 0 Å². The second-order valence-corrected chi connectivity index (χ2v) is 7.79. The molecule has 31 heavy (non-hydrogen) atoms. The van der Waals surface area contributed by atoms with Gasteiger partial charge in [-0.15, -0.1) is 0 Å². The summed E-state index contributed by atoms with van der Waals surface area (Å²) in [5.74, 6) is -0.335. The molecule has 7 nitrogen and oxygen atoms in total. The normalized spacial score (nSPS) is 14.5. The van der Waals surface area contributed by atoms with E-state index in [1.54, 1.807) is 19.2 Å². The Balaban J connectivity index is 1.60. The maximum absolute atomic E-state index is 12.1. The van der Waals surface area contributed by atoms with Gasteiger partial charge in [-0.2, -0.15) is 0 Å². The number of nitrogens with zero attached hydrogens (tertiary/aromatic N) is 2. The van der Waals surface area contributed by atoms with Gasteiger partial charge in [-0.3, -0.25) is 4.90 Å². The molecular formula is C24H34N4O3. The van der Waals surface area contributed by atoms with Crippen molar-refractivity contribution in [2.45, 2.75) is 19.8 Å². The van der Waals surface area contributed by atoms with E-state index in [0.717, 1.165) is 63.5 Å². The number of benzene rings is 2. The lowest BCUT2D eigenvalue weighted by atomic mass is 10.1. The second-order valence-electron chi connectivity index (χ2n) is 7.79. The molecule has 0 radical (unpaired) electrons. The highest BCUT2D eigenvalue weighted by atomic mass is 16.5. The number of methoxy groups -OCH3 is 1. The van der Waals surface area contributed by atoms with E-state index >= 15 is 0 Å². The summed E-state index contributed by atoms with van der Waals surface area (Å²) in [7, 11) is 1.74. The molecule has 2 aromatic carbocycles. The number of hydrogen-bond acceptors (Lipinski definition) is 7. The van der Waals surface area contributed by atoms with Crippen molar-refractivity contribution in [3.8, 4) is 0 Å². The Morgan fingerprint density at radius 3 is 2.61 bits per heavy atom. The average Bonchev–Trinajstić information content (AvgIpc) is 2.79. The Morgan fingerprint density at radius 1 is 1.10 bits per heavy atom. The lowest BCUT2D eigenvalue weighted by Crippen LogP contribution is -2.47. The average molecular weight is 427 g/mol. The van der Waals surface area contributed by atoms with Gasteiger partial charge < -0.3 is 25.4 Å². The topological polar surface area (TPSA) is 80.1 Å². The maximum Gasteiger partial charge on any atom is 0.338 e. The van der Waals surface area contributed by atoms with Crippen LogP contribution in [0.4, 0.5) is 22.7 Å². The quantitative estimate of drug-likeness (QED) is 0.340. The molecule has 3 rings (SSSR count).